The second kappa shape index (κ2) is 20.4. The number of hydrogen-bond acceptors (Lipinski definition) is 8. The maximum atomic E-state index is 13.8. The number of carbonyl (C=O) groups excluding carboxylic acids is 2. The molecule has 13 heteroatoms. The molecule has 0 spiro atoms. The van der Waals surface area contributed by atoms with Crippen molar-refractivity contribution in [2.45, 2.75) is 70.4 Å². The Morgan fingerprint density at radius 3 is 1.54 bits per heavy atom. The van der Waals surface area contributed by atoms with E-state index in [1.54, 1.807) is 33.4 Å². The number of aliphatic carboxylic acids is 2. The molecule has 0 saturated heterocycles. The molecule has 1 aliphatic carbocycles. The highest BCUT2D eigenvalue weighted by molar-refractivity contribution is 6.11. The van der Waals surface area contributed by atoms with Crippen LogP contribution in [0.2, 0.25) is 0 Å². The van der Waals surface area contributed by atoms with Crippen LogP contribution in [0.3, 0.4) is 0 Å². The van der Waals surface area contributed by atoms with Gasteiger partial charge in [-0.25, -0.2) is 9.59 Å². The number of nitrogens with zero attached hydrogens (tertiary/aromatic N) is 2. The normalized spacial score (nSPS) is 13.2. The van der Waals surface area contributed by atoms with Crippen molar-refractivity contribution in [1.29, 1.82) is 0 Å². The average Bonchev–Trinajstić information content (AvgIpc) is 3.98. The number of nitrogens with one attached hydrogen (secondary N) is 1. The average molecular weight is 916 g/mol. The molecule has 348 valence electrons. The number of amides is 1. The van der Waals surface area contributed by atoms with E-state index < -0.39 is 24.0 Å². The van der Waals surface area contributed by atoms with E-state index in [2.05, 4.69) is 5.32 Å². The summed E-state index contributed by atoms with van der Waals surface area (Å²) in [6, 6.07) is 35.7. The Labute approximate surface area is 392 Å². The summed E-state index contributed by atoms with van der Waals surface area (Å²) in [5.74, 6) is -0.0652. The summed E-state index contributed by atoms with van der Waals surface area (Å²) in [4.78, 5) is 51.1. The standard InChI is InChI=1S/C55H53N3O10/c1-35(59)56-36-14-12-15-37(32-36)65-28-8-2-9-29-66-38-22-24-42-40-16-4-6-19-46(40)57(48(42)33-38)52(54(61)62)53(55(63)64)58-47-20-7-5-17-41(47)43-25-23-39(34-49(43)58)67-30-10-3-11-31-68-51-21-13-18-44-45(51)26-27-50(44)60/h4-7,12-25,32-34,52-53H,2-3,8-11,26-31H2,1H3,(H,56,59)(H,61,62)(H,63,64). The van der Waals surface area contributed by atoms with Crippen LogP contribution in [0.4, 0.5) is 5.69 Å². The van der Waals surface area contributed by atoms with Crippen molar-refractivity contribution >= 4 is 72.9 Å². The molecule has 6 aromatic carbocycles. The van der Waals surface area contributed by atoms with Gasteiger partial charge in [-0.3, -0.25) is 9.59 Å². The quantitative estimate of drug-likeness (QED) is 0.0557. The molecule has 3 N–H and O–H groups in total. The van der Waals surface area contributed by atoms with Gasteiger partial charge in [0.2, 0.25) is 5.91 Å². The Balaban J connectivity index is 0.921. The number of Topliss-reactive ketones (excluding diaryl/α,β-unsaturated/α-hetero) is 1. The Kier molecular flexibility index (Phi) is 13.6. The summed E-state index contributed by atoms with van der Waals surface area (Å²) in [7, 11) is 0. The van der Waals surface area contributed by atoms with Gasteiger partial charge in [0.1, 0.15) is 23.0 Å². The molecule has 0 aliphatic heterocycles. The van der Waals surface area contributed by atoms with Crippen LogP contribution in [-0.2, 0) is 20.8 Å². The fourth-order valence-corrected chi connectivity index (χ4v) is 9.49. The fraction of sp³-hybridized carbons (Fsp3) is 0.273. The lowest BCUT2D eigenvalue weighted by atomic mass is 10.1. The minimum atomic E-state index is -1.59. The summed E-state index contributed by atoms with van der Waals surface area (Å²) >= 11 is 0. The van der Waals surface area contributed by atoms with Crippen LogP contribution in [0.5, 0.6) is 23.0 Å². The number of aromatic nitrogens is 2. The Bertz CT molecular complexity index is 3170. The summed E-state index contributed by atoms with van der Waals surface area (Å²) in [5.41, 5.74) is 4.68. The Hall–Kier alpha value is -7.80. The zero-order chi connectivity index (χ0) is 47.1. The van der Waals surface area contributed by atoms with Gasteiger partial charge in [0, 0.05) is 69.9 Å². The lowest BCUT2D eigenvalue weighted by Gasteiger charge is -2.26. The van der Waals surface area contributed by atoms with Crippen LogP contribution in [0.1, 0.15) is 79.9 Å². The van der Waals surface area contributed by atoms with Gasteiger partial charge in [-0.1, -0.05) is 54.6 Å². The van der Waals surface area contributed by atoms with Crippen molar-refractivity contribution in [3.63, 3.8) is 0 Å². The second-order valence-electron chi connectivity index (χ2n) is 17.1. The number of hydrogen-bond donors (Lipinski definition) is 3. The van der Waals surface area contributed by atoms with E-state index >= 15 is 0 Å². The van der Waals surface area contributed by atoms with Crippen molar-refractivity contribution in [3.8, 4) is 23.0 Å². The molecule has 68 heavy (non-hydrogen) atoms. The molecule has 0 fully saturated rings. The monoisotopic (exact) mass is 915 g/mol. The lowest BCUT2D eigenvalue weighted by Crippen LogP contribution is -2.34. The van der Waals surface area contributed by atoms with Gasteiger partial charge in [-0.15, -0.1) is 0 Å². The molecule has 2 heterocycles. The topological polar surface area (TPSA) is 168 Å². The van der Waals surface area contributed by atoms with Gasteiger partial charge in [-0.05, 0) is 99.5 Å². The van der Waals surface area contributed by atoms with Gasteiger partial charge >= 0.3 is 11.9 Å². The third kappa shape index (κ3) is 9.55. The summed E-state index contributed by atoms with van der Waals surface area (Å²) in [5, 5.41) is 28.3. The van der Waals surface area contributed by atoms with Crippen LogP contribution in [0.25, 0.3) is 43.6 Å². The number of fused-ring (bicyclic) bond motifs is 7. The highest BCUT2D eigenvalue weighted by Gasteiger charge is 2.40. The molecule has 0 bridgehead atoms. The molecule has 2 aromatic heterocycles. The number of ether oxygens (including phenoxy) is 4. The molecule has 2 unspecified atom stereocenters. The number of anilines is 1. The third-order valence-electron chi connectivity index (χ3n) is 12.6. The van der Waals surface area contributed by atoms with Crippen LogP contribution in [0.15, 0.2) is 127 Å². The van der Waals surface area contributed by atoms with E-state index in [4.69, 9.17) is 18.9 Å². The number of carbonyl (C=O) groups is 4. The first kappa shape index (κ1) is 45.4. The van der Waals surface area contributed by atoms with Gasteiger partial charge < -0.3 is 43.6 Å². The van der Waals surface area contributed by atoms with Crippen LogP contribution >= 0.6 is 0 Å². The van der Waals surface area contributed by atoms with Crippen molar-refractivity contribution in [2.75, 3.05) is 31.7 Å². The van der Waals surface area contributed by atoms with Crippen LogP contribution in [0, 0.1) is 0 Å². The molecule has 13 nitrogen and oxygen atoms in total. The molecular formula is C55H53N3O10. The highest BCUT2D eigenvalue weighted by atomic mass is 16.5. The molecule has 0 radical (unpaired) electrons. The van der Waals surface area contributed by atoms with E-state index in [-0.39, 0.29) is 11.7 Å². The third-order valence-corrected chi connectivity index (χ3v) is 12.6. The summed E-state index contributed by atoms with van der Waals surface area (Å²) in [6.45, 7) is 3.30. The van der Waals surface area contributed by atoms with E-state index in [9.17, 15) is 29.4 Å². The fourth-order valence-electron chi connectivity index (χ4n) is 9.49. The largest absolute Gasteiger partial charge is 0.494 e. The zero-order valence-corrected chi connectivity index (χ0v) is 37.8. The number of unbranched alkanes of at least 4 members (excludes halogenated alkanes) is 4. The van der Waals surface area contributed by atoms with Gasteiger partial charge in [0.15, 0.2) is 17.9 Å². The van der Waals surface area contributed by atoms with Crippen LogP contribution < -0.4 is 24.3 Å². The van der Waals surface area contributed by atoms with E-state index in [0.29, 0.717) is 84.3 Å². The first-order valence-electron chi connectivity index (χ1n) is 23.2. The first-order valence-corrected chi connectivity index (χ1v) is 23.2. The molecule has 2 atom stereocenters. The van der Waals surface area contributed by atoms with Crippen molar-refractivity contribution in [3.05, 3.63) is 139 Å². The van der Waals surface area contributed by atoms with Gasteiger partial charge in [0.05, 0.1) is 48.5 Å². The number of para-hydroxylation sites is 2. The van der Waals surface area contributed by atoms with Crippen molar-refractivity contribution < 1.29 is 48.3 Å². The van der Waals surface area contributed by atoms with Crippen molar-refractivity contribution in [2.24, 2.45) is 0 Å². The molecule has 1 amide bonds. The molecule has 1 aliphatic rings. The zero-order valence-electron chi connectivity index (χ0n) is 37.8. The number of carboxylic acids is 2. The molecule has 9 rings (SSSR count). The number of benzene rings is 6. The van der Waals surface area contributed by atoms with E-state index in [0.717, 1.165) is 76.9 Å². The summed E-state index contributed by atoms with van der Waals surface area (Å²) < 4.78 is 27.7. The predicted molar refractivity (Wildman–Crippen MR) is 262 cm³/mol. The Morgan fingerprint density at radius 2 is 1.01 bits per heavy atom. The number of carboxylic acid groups (broad SMARTS) is 2. The predicted octanol–water partition coefficient (Wildman–Crippen LogP) is 11.2. The van der Waals surface area contributed by atoms with Crippen LogP contribution in [-0.4, -0.2) is 69.4 Å². The summed E-state index contributed by atoms with van der Waals surface area (Å²) in [6.07, 6.45) is 5.99. The lowest BCUT2D eigenvalue weighted by molar-refractivity contribution is -0.151. The van der Waals surface area contributed by atoms with E-state index in [1.807, 2.05) is 103 Å². The second-order valence-corrected chi connectivity index (χ2v) is 17.1. The highest BCUT2D eigenvalue weighted by Crippen LogP contribution is 2.42. The molecule has 8 aromatic rings. The number of ketones is 1. The van der Waals surface area contributed by atoms with Gasteiger partial charge in [0.25, 0.3) is 0 Å². The smallest absolute Gasteiger partial charge is 0.329 e. The SMILES string of the molecule is CC(=O)Nc1cccc(OCCCCCOc2ccc3c4ccccc4n(C(C(=O)O)C(C(=O)O)n4c5ccccc5c5ccc(OCCCCCOc6cccc7c6CCC7=O)cc54)c3c2)c1. The maximum Gasteiger partial charge on any atom is 0.329 e. The maximum absolute atomic E-state index is 13.8. The van der Waals surface area contributed by atoms with Crippen molar-refractivity contribution in [1.82, 2.24) is 9.13 Å². The molecule has 0 saturated carbocycles. The minimum Gasteiger partial charge on any atom is -0.494 e. The molecular weight excluding hydrogens is 863 g/mol. The van der Waals surface area contributed by atoms with E-state index in [1.165, 1.54) is 6.92 Å². The Morgan fingerprint density at radius 1 is 0.529 bits per heavy atom. The van der Waals surface area contributed by atoms with Gasteiger partial charge in [-0.2, -0.15) is 0 Å². The number of rotatable bonds is 22. The minimum absolute atomic E-state index is 0.149. The first-order chi connectivity index (χ1) is 33.2.